The lowest BCUT2D eigenvalue weighted by Crippen LogP contribution is -2.50. The predicted octanol–water partition coefficient (Wildman–Crippen LogP) is 6.31. The first-order valence-corrected chi connectivity index (χ1v) is 12.1. The standard InChI is InChI=1S/C26H37NO2/c1-25-14-11-23-21(22(25)9-7-18(25)12-15-27)8-6-19-17-20(10-13-26(19,23)2)29-24-5-3-4-16-28-24/h6,12,20-24H,3-5,7-11,13-14,16-17H2,1-2H3/b18-12+/t20-,21-,22-,23-,24+,25+,26-/m0/s1. The van der Waals surface area contributed by atoms with Gasteiger partial charge in [0.15, 0.2) is 6.29 Å². The molecule has 0 bridgehead atoms. The molecule has 1 aliphatic heterocycles. The average Bonchev–Trinajstić information content (AvgIpc) is 3.06. The number of allylic oxidation sites excluding steroid dienone is 3. The van der Waals surface area contributed by atoms with Gasteiger partial charge in [0.05, 0.1) is 12.2 Å². The zero-order chi connectivity index (χ0) is 20.1. The SMILES string of the molecule is C[C@]12CC[C@H](O[C@@H]3CCCCO3)CC1=CC[C@@H]1[C@@H]2CC[C@]2(C)/C(=C/C#N)CC[C@@H]12. The lowest BCUT2D eigenvalue weighted by Gasteiger charge is -2.57. The first-order chi connectivity index (χ1) is 14.0. The van der Waals surface area contributed by atoms with E-state index in [-0.39, 0.29) is 11.7 Å². The van der Waals surface area contributed by atoms with Crippen LogP contribution in [0.1, 0.15) is 84.5 Å². The summed E-state index contributed by atoms with van der Waals surface area (Å²) in [7, 11) is 0. The minimum Gasteiger partial charge on any atom is -0.353 e. The summed E-state index contributed by atoms with van der Waals surface area (Å²) in [5.74, 6) is 2.38. The molecule has 3 saturated carbocycles. The van der Waals surface area contributed by atoms with Crippen LogP contribution in [0.3, 0.4) is 0 Å². The Labute approximate surface area is 176 Å². The minimum atomic E-state index is 0.0364. The van der Waals surface area contributed by atoms with E-state index in [1.165, 1.54) is 56.9 Å². The molecule has 1 saturated heterocycles. The van der Waals surface area contributed by atoms with E-state index >= 15 is 0 Å². The molecule has 3 heteroatoms. The van der Waals surface area contributed by atoms with Crippen molar-refractivity contribution in [1.82, 2.24) is 0 Å². The third-order valence-electron chi connectivity index (χ3n) is 9.63. The van der Waals surface area contributed by atoms with Crippen molar-refractivity contribution in [2.24, 2.45) is 28.6 Å². The maximum atomic E-state index is 9.24. The molecule has 0 aromatic carbocycles. The van der Waals surface area contributed by atoms with Gasteiger partial charge >= 0.3 is 0 Å². The fraction of sp³-hybridized carbons (Fsp3) is 0.808. The molecular formula is C26H37NO2. The van der Waals surface area contributed by atoms with Crippen molar-refractivity contribution in [1.29, 1.82) is 5.26 Å². The first kappa shape index (κ1) is 19.8. The van der Waals surface area contributed by atoms with Crippen molar-refractivity contribution >= 4 is 0 Å². The van der Waals surface area contributed by atoms with Gasteiger partial charge in [-0.1, -0.05) is 31.1 Å². The topological polar surface area (TPSA) is 42.2 Å². The second-order valence-electron chi connectivity index (χ2n) is 10.8. The Kier molecular flexibility index (Phi) is 5.16. The Balaban J connectivity index is 1.33. The van der Waals surface area contributed by atoms with Crippen LogP contribution in [0.5, 0.6) is 0 Å². The van der Waals surface area contributed by atoms with E-state index in [2.05, 4.69) is 26.0 Å². The molecule has 1 heterocycles. The first-order valence-electron chi connectivity index (χ1n) is 12.1. The summed E-state index contributed by atoms with van der Waals surface area (Å²) in [4.78, 5) is 0. The van der Waals surface area contributed by atoms with Crippen molar-refractivity contribution in [3.05, 3.63) is 23.3 Å². The molecule has 0 unspecified atom stereocenters. The largest absolute Gasteiger partial charge is 0.353 e. The number of nitriles is 1. The number of rotatable bonds is 2. The van der Waals surface area contributed by atoms with Gasteiger partial charge in [0.1, 0.15) is 0 Å². The Morgan fingerprint density at radius 2 is 1.93 bits per heavy atom. The lowest BCUT2D eigenvalue weighted by atomic mass is 9.48. The summed E-state index contributed by atoms with van der Waals surface area (Å²) in [6.07, 6.45) is 18.2. The van der Waals surface area contributed by atoms with Crippen LogP contribution in [-0.4, -0.2) is 19.0 Å². The summed E-state index contributed by atoms with van der Waals surface area (Å²) in [5.41, 5.74) is 3.75. The molecule has 0 N–H and O–H groups in total. The van der Waals surface area contributed by atoms with Gasteiger partial charge in [-0.05, 0) is 99.2 Å². The molecule has 0 aromatic heterocycles. The second kappa shape index (κ2) is 7.54. The predicted molar refractivity (Wildman–Crippen MR) is 114 cm³/mol. The highest BCUT2D eigenvalue weighted by Gasteiger charge is 2.57. The molecule has 4 aliphatic carbocycles. The van der Waals surface area contributed by atoms with Gasteiger partial charge < -0.3 is 9.47 Å². The zero-order valence-corrected chi connectivity index (χ0v) is 18.3. The quantitative estimate of drug-likeness (QED) is 0.406. The van der Waals surface area contributed by atoms with Gasteiger partial charge in [0.25, 0.3) is 0 Å². The van der Waals surface area contributed by atoms with Gasteiger partial charge in [-0.25, -0.2) is 0 Å². The highest BCUT2D eigenvalue weighted by Crippen LogP contribution is 2.66. The summed E-state index contributed by atoms with van der Waals surface area (Å²) < 4.78 is 12.2. The van der Waals surface area contributed by atoms with E-state index in [0.717, 1.165) is 43.6 Å². The Morgan fingerprint density at radius 1 is 1.10 bits per heavy atom. The summed E-state index contributed by atoms with van der Waals surface area (Å²) in [6.45, 7) is 5.89. The second-order valence-corrected chi connectivity index (χ2v) is 10.8. The Hall–Kier alpha value is -1.11. The van der Waals surface area contributed by atoms with Crippen LogP contribution in [0, 0.1) is 39.9 Å². The molecule has 29 heavy (non-hydrogen) atoms. The summed E-state index contributed by atoms with van der Waals surface area (Å²) >= 11 is 0. The average molecular weight is 396 g/mol. The number of hydrogen-bond acceptors (Lipinski definition) is 3. The summed E-state index contributed by atoms with van der Waals surface area (Å²) in [6, 6.07) is 2.33. The fourth-order valence-electron chi connectivity index (χ4n) is 7.94. The molecule has 7 atom stereocenters. The molecule has 5 aliphatic rings. The molecule has 0 radical (unpaired) electrons. The molecule has 0 amide bonds. The van der Waals surface area contributed by atoms with Crippen LogP contribution in [-0.2, 0) is 9.47 Å². The van der Waals surface area contributed by atoms with Crippen LogP contribution in [0.4, 0.5) is 0 Å². The fourth-order valence-corrected chi connectivity index (χ4v) is 7.94. The van der Waals surface area contributed by atoms with Crippen molar-refractivity contribution < 1.29 is 9.47 Å². The van der Waals surface area contributed by atoms with E-state index in [0.29, 0.717) is 11.5 Å². The van der Waals surface area contributed by atoms with Gasteiger partial charge in [-0.15, -0.1) is 0 Å². The highest BCUT2D eigenvalue weighted by molar-refractivity contribution is 5.31. The smallest absolute Gasteiger partial charge is 0.157 e. The van der Waals surface area contributed by atoms with Gasteiger partial charge in [-0.2, -0.15) is 5.26 Å². The molecule has 0 aromatic rings. The molecule has 3 nitrogen and oxygen atoms in total. The maximum Gasteiger partial charge on any atom is 0.157 e. The van der Waals surface area contributed by atoms with E-state index in [4.69, 9.17) is 9.47 Å². The molecular weight excluding hydrogens is 358 g/mol. The van der Waals surface area contributed by atoms with Crippen molar-refractivity contribution in [3.63, 3.8) is 0 Å². The normalized spacial score (nSPS) is 48.2. The summed E-state index contributed by atoms with van der Waals surface area (Å²) in [5, 5.41) is 9.24. The molecule has 5 rings (SSSR count). The molecule has 0 spiro atoms. The van der Waals surface area contributed by atoms with Crippen LogP contribution in [0.15, 0.2) is 23.3 Å². The third kappa shape index (κ3) is 3.22. The van der Waals surface area contributed by atoms with Crippen LogP contribution in [0.25, 0.3) is 0 Å². The molecule has 4 fully saturated rings. The van der Waals surface area contributed by atoms with Gasteiger partial charge in [-0.3, -0.25) is 0 Å². The number of hydrogen-bond donors (Lipinski definition) is 0. The Morgan fingerprint density at radius 3 is 2.72 bits per heavy atom. The Bertz CT molecular complexity index is 742. The van der Waals surface area contributed by atoms with Crippen molar-refractivity contribution in [2.45, 2.75) is 96.9 Å². The van der Waals surface area contributed by atoms with Crippen molar-refractivity contribution in [3.8, 4) is 6.07 Å². The monoisotopic (exact) mass is 395 g/mol. The number of nitrogens with zero attached hydrogens (tertiary/aromatic N) is 1. The molecule has 158 valence electrons. The van der Waals surface area contributed by atoms with Crippen LogP contribution < -0.4 is 0 Å². The van der Waals surface area contributed by atoms with E-state index in [9.17, 15) is 5.26 Å². The van der Waals surface area contributed by atoms with Crippen molar-refractivity contribution in [2.75, 3.05) is 6.61 Å². The van der Waals surface area contributed by atoms with Gasteiger partial charge in [0.2, 0.25) is 0 Å². The minimum absolute atomic E-state index is 0.0364. The van der Waals surface area contributed by atoms with Crippen LogP contribution >= 0.6 is 0 Å². The maximum absolute atomic E-state index is 9.24. The zero-order valence-electron chi connectivity index (χ0n) is 18.3. The lowest BCUT2D eigenvalue weighted by molar-refractivity contribution is -0.195. The number of ether oxygens (including phenoxy) is 2. The van der Waals surface area contributed by atoms with Crippen LogP contribution in [0.2, 0.25) is 0 Å². The third-order valence-corrected chi connectivity index (χ3v) is 9.63. The highest BCUT2D eigenvalue weighted by atomic mass is 16.7. The van der Waals surface area contributed by atoms with E-state index < -0.39 is 0 Å². The van der Waals surface area contributed by atoms with E-state index in [1.54, 1.807) is 5.57 Å². The van der Waals surface area contributed by atoms with Gasteiger partial charge in [0, 0.05) is 12.7 Å². The van der Waals surface area contributed by atoms with E-state index in [1.807, 2.05) is 6.08 Å². The number of fused-ring (bicyclic) bond motifs is 5.